The number of aromatic amines is 1. The summed E-state index contributed by atoms with van der Waals surface area (Å²) in [6.07, 6.45) is 11.8. The van der Waals surface area contributed by atoms with E-state index in [-0.39, 0.29) is 5.41 Å². The Hall–Kier alpha value is -1.05. The molecule has 0 aliphatic carbocycles. The van der Waals surface area contributed by atoms with Gasteiger partial charge in [0.1, 0.15) is 0 Å². The molecule has 0 saturated carbocycles. The highest BCUT2D eigenvalue weighted by atomic mass is 15.1. The van der Waals surface area contributed by atoms with Crippen molar-refractivity contribution in [1.29, 1.82) is 0 Å². The average molecular weight is 234 g/mol. The van der Waals surface area contributed by atoms with Gasteiger partial charge in [-0.2, -0.15) is 5.10 Å². The first kappa shape index (κ1) is 14.0. The van der Waals surface area contributed by atoms with E-state index in [1.54, 1.807) is 0 Å². The standard InChI is InChI=1S/C15H26N2/c1-5-7-8-9-10-11-15(3,4)13-12-16-17-14(13)6-2/h6,12H,2,5,7-11H2,1,3-4H3,(H,16,17). The highest BCUT2D eigenvalue weighted by Crippen LogP contribution is 2.31. The van der Waals surface area contributed by atoms with E-state index < -0.39 is 0 Å². The van der Waals surface area contributed by atoms with Crippen LogP contribution >= 0.6 is 0 Å². The molecule has 0 atom stereocenters. The number of H-pyrrole nitrogens is 1. The molecule has 96 valence electrons. The first-order valence-electron chi connectivity index (χ1n) is 6.78. The van der Waals surface area contributed by atoms with Crippen LogP contribution in [0, 0.1) is 0 Å². The van der Waals surface area contributed by atoms with E-state index >= 15 is 0 Å². The zero-order chi connectivity index (χ0) is 12.7. The maximum absolute atomic E-state index is 4.22. The minimum atomic E-state index is 0.197. The topological polar surface area (TPSA) is 28.7 Å². The molecule has 0 fully saturated rings. The molecule has 1 heterocycles. The minimum absolute atomic E-state index is 0.197. The molecule has 0 spiro atoms. The van der Waals surface area contributed by atoms with E-state index in [4.69, 9.17) is 0 Å². The average Bonchev–Trinajstić information content (AvgIpc) is 2.77. The summed E-state index contributed by atoms with van der Waals surface area (Å²) in [7, 11) is 0. The van der Waals surface area contributed by atoms with Crippen LogP contribution in [-0.4, -0.2) is 10.2 Å². The molecular weight excluding hydrogens is 208 g/mol. The van der Waals surface area contributed by atoms with Crippen LogP contribution in [0.15, 0.2) is 12.8 Å². The molecule has 2 heteroatoms. The lowest BCUT2D eigenvalue weighted by molar-refractivity contribution is 0.443. The first-order valence-corrected chi connectivity index (χ1v) is 6.78. The van der Waals surface area contributed by atoms with Gasteiger partial charge in [-0.1, -0.05) is 59.5 Å². The summed E-state index contributed by atoms with van der Waals surface area (Å²) in [5, 5.41) is 7.16. The Labute approximate surface area is 106 Å². The van der Waals surface area contributed by atoms with Gasteiger partial charge in [-0.15, -0.1) is 0 Å². The predicted molar refractivity (Wildman–Crippen MR) is 75.1 cm³/mol. The third-order valence-electron chi connectivity index (χ3n) is 3.50. The fraction of sp³-hybridized carbons (Fsp3) is 0.667. The molecule has 0 bridgehead atoms. The summed E-state index contributed by atoms with van der Waals surface area (Å²) in [6, 6.07) is 0. The van der Waals surface area contributed by atoms with Crippen molar-refractivity contribution in [3.8, 4) is 0 Å². The molecule has 0 unspecified atom stereocenters. The van der Waals surface area contributed by atoms with Gasteiger partial charge in [0.05, 0.1) is 5.69 Å². The minimum Gasteiger partial charge on any atom is -0.285 e. The van der Waals surface area contributed by atoms with Gasteiger partial charge in [-0.25, -0.2) is 0 Å². The molecule has 0 aromatic carbocycles. The van der Waals surface area contributed by atoms with E-state index in [2.05, 4.69) is 37.5 Å². The van der Waals surface area contributed by atoms with Crippen molar-refractivity contribution >= 4 is 6.08 Å². The SMILES string of the molecule is C=Cc1n[nH]cc1C(C)(C)CCCCCCC. The second-order valence-corrected chi connectivity index (χ2v) is 5.44. The molecule has 1 rings (SSSR count). The van der Waals surface area contributed by atoms with Gasteiger partial charge in [-0.05, 0) is 17.9 Å². The molecule has 0 amide bonds. The number of hydrogen-bond acceptors (Lipinski definition) is 1. The number of unbranched alkanes of at least 4 members (excludes halogenated alkanes) is 4. The smallest absolute Gasteiger partial charge is 0.0879 e. The fourth-order valence-electron chi connectivity index (χ4n) is 2.30. The van der Waals surface area contributed by atoms with Gasteiger partial charge >= 0.3 is 0 Å². The molecule has 1 aromatic rings. The molecule has 1 aromatic heterocycles. The molecule has 0 aliphatic heterocycles. The van der Waals surface area contributed by atoms with Crippen LogP contribution in [0.25, 0.3) is 6.08 Å². The zero-order valence-corrected chi connectivity index (χ0v) is 11.6. The quantitative estimate of drug-likeness (QED) is 0.649. The molecular formula is C15H26N2. The molecule has 0 saturated heterocycles. The summed E-state index contributed by atoms with van der Waals surface area (Å²) < 4.78 is 0. The molecule has 2 nitrogen and oxygen atoms in total. The van der Waals surface area contributed by atoms with E-state index in [1.165, 1.54) is 44.1 Å². The highest BCUT2D eigenvalue weighted by Gasteiger charge is 2.23. The monoisotopic (exact) mass is 234 g/mol. The summed E-state index contributed by atoms with van der Waals surface area (Å²) >= 11 is 0. The van der Waals surface area contributed by atoms with Gasteiger partial charge in [0.2, 0.25) is 0 Å². The largest absolute Gasteiger partial charge is 0.285 e. The number of nitrogens with one attached hydrogen (secondary N) is 1. The van der Waals surface area contributed by atoms with Crippen LogP contribution in [0.4, 0.5) is 0 Å². The number of hydrogen-bond donors (Lipinski definition) is 1. The van der Waals surface area contributed by atoms with E-state index in [0.717, 1.165) is 5.69 Å². The maximum Gasteiger partial charge on any atom is 0.0879 e. The Morgan fingerprint density at radius 3 is 2.65 bits per heavy atom. The third-order valence-corrected chi connectivity index (χ3v) is 3.50. The van der Waals surface area contributed by atoms with Gasteiger partial charge in [-0.3, -0.25) is 5.10 Å². The van der Waals surface area contributed by atoms with Crippen LogP contribution in [-0.2, 0) is 5.41 Å². The molecule has 0 aliphatic rings. The van der Waals surface area contributed by atoms with E-state index in [1.807, 2.05) is 12.3 Å². The lowest BCUT2D eigenvalue weighted by Crippen LogP contribution is -2.17. The van der Waals surface area contributed by atoms with Crippen LogP contribution in [0.2, 0.25) is 0 Å². The van der Waals surface area contributed by atoms with Crippen LogP contribution in [0.1, 0.15) is 70.6 Å². The highest BCUT2D eigenvalue weighted by molar-refractivity contribution is 5.48. The fourth-order valence-corrected chi connectivity index (χ4v) is 2.30. The summed E-state index contributed by atoms with van der Waals surface area (Å²) in [6.45, 7) is 10.7. The predicted octanol–water partition coefficient (Wildman–Crippen LogP) is 4.69. The van der Waals surface area contributed by atoms with Crippen molar-refractivity contribution in [3.63, 3.8) is 0 Å². The van der Waals surface area contributed by atoms with Crippen LogP contribution in [0.5, 0.6) is 0 Å². The summed E-state index contributed by atoms with van der Waals surface area (Å²) in [4.78, 5) is 0. The number of rotatable bonds is 8. The van der Waals surface area contributed by atoms with Gasteiger partial charge < -0.3 is 0 Å². The lowest BCUT2D eigenvalue weighted by Gasteiger charge is -2.24. The number of nitrogens with zero attached hydrogens (tertiary/aromatic N) is 1. The van der Waals surface area contributed by atoms with Crippen LogP contribution < -0.4 is 0 Å². The molecule has 17 heavy (non-hydrogen) atoms. The van der Waals surface area contributed by atoms with E-state index in [0.29, 0.717) is 0 Å². The van der Waals surface area contributed by atoms with Crippen molar-refractivity contribution in [2.45, 2.75) is 64.7 Å². The van der Waals surface area contributed by atoms with Crippen molar-refractivity contribution in [2.75, 3.05) is 0 Å². The van der Waals surface area contributed by atoms with E-state index in [9.17, 15) is 0 Å². The molecule has 0 radical (unpaired) electrons. The first-order chi connectivity index (χ1) is 8.11. The third kappa shape index (κ3) is 4.03. The Kier molecular flexibility index (Phi) is 5.46. The van der Waals surface area contributed by atoms with Crippen molar-refractivity contribution in [2.24, 2.45) is 0 Å². The molecule has 1 N–H and O–H groups in total. The van der Waals surface area contributed by atoms with Crippen molar-refractivity contribution in [1.82, 2.24) is 10.2 Å². The Morgan fingerprint density at radius 2 is 2.00 bits per heavy atom. The van der Waals surface area contributed by atoms with Crippen molar-refractivity contribution in [3.05, 3.63) is 24.0 Å². The summed E-state index contributed by atoms with van der Waals surface area (Å²) in [5.41, 5.74) is 2.49. The Morgan fingerprint density at radius 1 is 1.29 bits per heavy atom. The van der Waals surface area contributed by atoms with Crippen molar-refractivity contribution < 1.29 is 0 Å². The van der Waals surface area contributed by atoms with Gasteiger partial charge in [0, 0.05) is 11.8 Å². The normalized spacial score (nSPS) is 11.7. The Balaban J connectivity index is 2.47. The second-order valence-electron chi connectivity index (χ2n) is 5.44. The maximum atomic E-state index is 4.22. The Bertz CT molecular complexity index is 336. The van der Waals surface area contributed by atoms with Gasteiger partial charge in [0.15, 0.2) is 0 Å². The van der Waals surface area contributed by atoms with Crippen LogP contribution in [0.3, 0.4) is 0 Å². The summed E-state index contributed by atoms with van der Waals surface area (Å²) in [5.74, 6) is 0. The number of aromatic nitrogens is 2. The lowest BCUT2D eigenvalue weighted by atomic mass is 9.80. The second kappa shape index (κ2) is 6.63. The zero-order valence-electron chi connectivity index (χ0n) is 11.6. The van der Waals surface area contributed by atoms with Gasteiger partial charge in [0.25, 0.3) is 0 Å².